The fourth-order valence-corrected chi connectivity index (χ4v) is 7.79. The van der Waals surface area contributed by atoms with Crippen molar-refractivity contribution in [1.82, 2.24) is 16.0 Å². The SMILES string of the molecule is COc1ccc(NC(=O)[C@H](C)NC(=O)c2cc(NC(=O)[C@H](CCCCN)NC(=O)c3cc(NC(=O)[C@H](CCCCN)NC(=O)c4cc(NC(=O)[C@@H](N)CCCCN)ccc4OC)ccc3OC)ccc2OC)cc1C(N)=O. The second-order valence-corrected chi connectivity index (χ2v) is 17.7. The molecule has 8 amide bonds. The normalized spacial score (nSPS) is 12.3. The number of benzene rings is 4. The molecule has 4 atom stereocenters. The van der Waals surface area contributed by atoms with Gasteiger partial charge in [0.2, 0.25) is 23.6 Å². The highest BCUT2D eigenvalue weighted by Gasteiger charge is 2.28. The van der Waals surface area contributed by atoms with Gasteiger partial charge < -0.3 is 84.8 Å². The van der Waals surface area contributed by atoms with Crippen LogP contribution in [0.2, 0.25) is 0 Å². The van der Waals surface area contributed by atoms with Crippen molar-refractivity contribution in [3.05, 3.63) is 95.1 Å². The Morgan fingerprint density at radius 2 is 0.740 bits per heavy atom. The predicted octanol–water partition coefficient (Wildman–Crippen LogP) is 2.70. The first-order valence-electron chi connectivity index (χ1n) is 25.0. The summed E-state index contributed by atoms with van der Waals surface area (Å²) in [6.45, 7) is 2.57. The molecule has 0 aliphatic rings. The van der Waals surface area contributed by atoms with Gasteiger partial charge in [0.25, 0.3) is 23.6 Å². The fourth-order valence-electron chi connectivity index (χ4n) is 7.79. The van der Waals surface area contributed by atoms with Gasteiger partial charge in [-0.3, -0.25) is 38.4 Å². The molecular formula is C53H72N12O12. The van der Waals surface area contributed by atoms with Crippen LogP contribution >= 0.6 is 0 Å². The van der Waals surface area contributed by atoms with E-state index in [0.29, 0.717) is 64.6 Å². The molecule has 0 heterocycles. The summed E-state index contributed by atoms with van der Waals surface area (Å²) in [5, 5.41) is 19.0. The third kappa shape index (κ3) is 18.2. The first-order chi connectivity index (χ1) is 36.9. The van der Waals surface area contributed by atoms with Crippen LogP contribution in [0.5, 0.6) is 23.0 Å². The van der Waals surface area contributed by atoms with Gasteiger partial charge in [0.05, 0.1) is 56.7 Å². The van der Waals surface area contributed by atoms with Crippen molar-refractivity contribution in [3.8, 4) is 23.0 Å². The summed E-state index contributed by atoms with van der Waals surface area (Å²) in [5.74, 6) is -4.66. The lowest BCUT2D eigenvalue weighted by Gasteiger charge is -2.21. The van der Waals surface area contributed by atoms with E-state index >= 15 is 0 Å². The number of unbranched alkanes of at least 4 members (excludes halogenated alkanes) is 3. The van der Waals surface area contributed by atoms with Gasteiger partial charge in [0, 0.05) is 22.7 Å². The Morgan fingerprint density at radius 3 is 1.09 bits per heavy atom. The van der Waals surface area contributed by atoms with Crippen molar-refractivity contribution in [2.45, 2.75) is 88.9 Å². The topological polar surface area (TPSA) is 388 Å². The molecule has 4 aromatic rings. The van der Waals surface area contributed by atoms with Crippen molar-refractivity contribution in [1.29, 1.82) is 0 Å². The first-order valence-corrected chi connectivity index (χ1v) is 25.0. The summed E-state index contributed by atoms with van der Waals surface area (Å²) in [5.41, 5.74) is 29.4. The second kappa shape index (κ2) is 30.9. The summed E-state index contributed by atoms with van der Waals surface area (Å²) < 4.78 is 21.5. The average Bonchev–Trinajstić information content (AvgIpc) is 3.42. The lowest BCUT2D eigenvalue weighted by molar-refractivity contribution is -0.118. The van der Waals surface area contributed by atoms with Crippen molar-refractivity contribution in [2.24, 2.45) is 28.7 Å². The number of rotatable bonds is 31. The van der Waals surface area contributed by atoms with E-state index in [1.54, 1.807) is 6.07 Å². The van der Waals surface area contributed by atoms with E-state index in [-0.39, 0.29) is 80.8 Å². The first kappa shape index (κ1) is 61.2. The van der Waals surface area contributed by atoms with Crippen molar-refractivity contribution >= 4 is 70.0 Å². The molecule has 17 N–H and O–H groups in total. The molecular weight excluding hydrogens is 997 g/mol. The van der Waals surface area contributed by atoms with Gasteiger partial charge in [-0.1, -0.05) is 6.42 Å². The molecule has 0 aliphatic heterocycles. The van der Waals surface area contributed by atoms with Gasteiger partial charge in [0.15, 0.2) is 0 Å². The molecule has 24 nitrogen and oxygen atoms in total. The predicted molar refractivity (Wildman–Crippen MR) is 291 cm³/mol. The maximum absolute atomic E-state index is 14.1. The molecule has 0 unspecified atom stereocenters. The van der Waals surface area contributed by atoms with Crippen LogP contribution in [0, 0.1) is 0 Å². The van der Waals surface area contributed by atoms with Crippen LogP contribution in [0.15, 0.2) is 72.8 Å². The van der Waals surface area contributed by atoms with Crippen LogP contribution in [0.4, 0.5) is 22.7 Å². The van der Waals surface area contributed by atoms with Crippen molar-refractivity contribution in [3.63, 3.8) is 0 Å². The quantitative estimate of drug-likeness (QED) is 0.0322. The zero-order valence-electron chi connectivity index (χ0n) is 44.0. The van der Waals surface area contributed by atoms with E-state index in [0.717, 1.165) is 0 Å². The Morgan fingerprint density at radius 1 is 0.429 bits per heavy atom. The number of carbonyl (C=O) groups is 8. The Balaban J connectivity index is 1.51. The molecule has 77 heavy (non-hydrogen) atoms. The molecule has 0 spiro atoms. The van der Waals surface area contributed by atoms with Crippen LogP contribution in [0.1, 0.15) is 106 Å². The van der Waals surface area contributed by atoms with Crippen LogP contribution in [0.25, 0.3) is 0 Å². The Kier molecular flexibility index (Phi) is 24.6. The van der Waals surface area contributed by atoms with E-state index < -0.39 is 71.4 Å². The van der Waals surface area contributed by atoms with Gasteiger partial charge in [-0.05, 0) is 151 Å². The number of carbonyl (C=O) groups excluding carboxylic acids is 8. The summed E-state index contributed by atoms with van der Waals surface area (Å²) in [6, 6.07) is 13.2. The maximum Gasteiger partial charge on any atom is 0.255 e. The lowest BCUT2D eigenvalue weighted by atomic mass is 10.1. The maximum atomic E-state index is 14.1. The standard InChI is InChI=1S/C53H72N12O12/c1-30(47(67)60-31-15-19-42(74-2)35(26-31)46(58)66)59-48(68)36-28-33(17-21-43(36)75-3)62-52(72)40(13-7-10-24-55)65-50(70)38-29-34(18-22-45(38)77-5)63-53(73)41(14-8-11-25-56)64-49(69)37-27-32(16-20-44(37)76-4)61-51(71)39(57)12-6-9-23-54/h15-22,26-30,39-41H,6-14,23-25,54-57H2,1-5H3,(H2,58,66)(H,59,68)(H,60,67)(H,61,71)(H,62,72)(H,63,73)(H,64,69)(H,65,70)/t30-,39-,40-,41-/m0/s1. The van der Waals surface area contributed by atoms with Crippen LogP contribution < -0.4 is 84.8 Å². The van der Waals surface area contributed by atoms with E-state index in [2.05, 4.69) is 37.2 Å². The van der Waals surface area contributed by atoms with E-state index in [1.165, 1.54) is 102 Å². The minimum absolute atomic E-state index is 0.0341. The Bertz CT molecular complexity index is 2720. The molecule has 0 bridgehead atoms. The van der Waals surface area contributed by atoms with Crippen LogP contribution in [0.3, 0.4) is 0 Å². The van der Waals surface area contributed by atoms with Gasteiger partial charge in [-0.2, -0.15) is 0 Å². The summed E-state index contributed by atoms with van der Waals surface area (Å²) in [6.07, 6.45) is 4.09. The molecule has 4 aromatic carbocycles. The van der Waals surface area contributed by atoms with Gasteiger partial charge in [-0.15, -0.1) is 0 Å². The highest BCUT2D eigenvalue weighted by molar-refractivity contribution is 6.07. The number of methoxy groups -OCH3 is 4. The van der Waals surface area contributed by atoms with Crippen LogP contribution in [-0.4, -0.2) is 119 Å². The molecule has 0 aliphatic carbocycles. The molecule has 0 fully saturated rings. The minimum atomic E-state index is -1.16. The fraction of sp³-hybridized carbons (Fsp3) is 0.396. The Hall–Kier alpha value is -8.32. The zero-order valence-corrected chi connectivity index (χ0v) is 44.0. The number of hydrogen-bond donors (Lipinski definition) is 12. The highest BCUT2D eigenvalue weighted by atomic mass is 16.5. The second-order valence-electron chi connectivity index (χ2n) is 17.7. The third-order valence-electron chi connectivity index (χ3n) is 12.1. The number of primary amides is 1. The molecule has 0 saturated heterocycles. The lowest BCUT2D eigenvalue weighted by Crippen LogP contribution is -2.44. The zero-order chi connectivity index (χ0) is 56.6. The number of nitrogens with two attached hydrogens (primary N) is 5. The largest absolute Gasteiger partial charge is 0.496 e. The number of hydrogen-bond acceptors (Lipinski definition) is 16. The number of nitrogens with one attached hydrogen (secondary N) is 7. The number of ether oxygens (including phenoxy) is 4. The monoisotopic (exact) mass is 1070 g/mol. The van der Waals surface area contributed by atoms with E-state index in [1.807, 2.05) is 0 Å². The number of amides is 8. The Labute approximate surface area is 446 Å². The molecule has 416 valence electrons. The molecule has 0 radical (unpaired) electrons. The number of anilines is 4. The van der Waals surface area contributed by atoms with Crippen molar-refractivity contribution in [2.75, 3.05) is 69.3 Å². The van der Waals surface area contributed by atoms with E-state index in [9.17, 15) is 38.4 Å². The summed E-state index contributed by atoms with van der Waals surface area (Å²) in [7, 11) is 5.42. The minimum Gasteiger partial charge on any atom is -0.496 e. The van der Waals surface area contributed by atoms with E-state index in [4.69, 9.17) is 47.6 Å². The highest BCUT2D eigenvalue weighted by Crippen LogP contribution is 2.28. The molecule has 24 heteroatoms. The van der Waals surface area contributed by atoms with Gasteiger partial charge >= 0.3 is 0 Å². The smallest absolute Gasteiger partial charge is 0.255 e. The summed E-state index contributed by atoms with van der Waals surface area (Å²) >= 11 is 0. The van der Waals surface area contributed by atoms with Crippen molar-refractivity contribution < 1.29 is 57.3 Å². The summed E-state index contributed by atoms with van der Waals surface area (Å²) in [4.78, 5) is 108. The molecule has 4 rings (SSSR count). The molecule has 0 saturated carbocycles. The van der Waals surface area contributed by atoms with Gasteiger partial charge in [-0.25, -0.2) is 0 Å². The van der Waals surface area contributed by atoms with Gasteiger partial charge in [0.1, 0.15) is 41.1 Å². The molecule has 0 aromatic heterocycles. The third-order valence-corrected chi connectivity index (χ3v) is 12.1. The average molecular weight is 1070 g/mol. The van der Waals surface area contributed by atoms with Crippen LogP contribution in [-0.2, 0) is 19.2 Å².